The fourth-order valence-corrected chi connectivity index (χ4v) is 1.01. The van der Waals surface area contributed by atoms with Crippen molar-refractivity contribution in [1.29, 1.82) is 0 Å². The van der Waals surface area contributed by atoms with Gasteiger partial charge in [-0.15, -0.1) is 0 Å². The topological polar surface area (TPSA) is 52.3 Å². The van der Waals surface area contributed by atoms with Crippen molar-refractivity contribution < 1.29 is 13.9 Å². The number of nitrogens with zero attached hydrogens (tertiary/aromatic N) is 1. The van der Waals surface area contributed by atoms with Gasteiger partial charge in [0.1, 0.15) is 12.5 Å². The lowest BCUT2D eigenvalue weighted by atomic mass is 10.3. The Labute approximate surface area is 76.9 Å². The third kappa shape index (κ3) is 3.38. The van der Waals surface area contributed by atoms with Crippen LogP contribution < -0.4 is 0 Å². The summed E-state index contributed by atoms with van der Waals surface area (Å²) < 4.78 is 10.0. The number of aromatic nitrogens is 1. The number of hydrogen-bond acceptors (Lipinski definition) is 4. The number of carbonyl (C=O) groups is 1. The number of rotatable bonds is 6. The van der Waals surface area contributed by atoms with E-state index in [1.165, 1.54) is 6.26 Å². The highest BCUT2D eigenvalue weighted by molar-refractivity contribution is 5.53. The molecule has 0 aliphatic heterocycles. The first-order valence-electron chi connectivity index (χ1n) is 4.22. The van der Waals surface area contributed by atoms with Crippen LogP contribution in [0.2, 0.25) is 0 Å². The van der Waals surface area contributed by atoms with Crippen LogP contribution in [0.25, 0.3) is 0 Å². The maximum absolute atomic E-state index is 10.1. The Balaban J connectivity index is 2.35. The van der Waals surface area contributed by atoms with Crippen molar-refractivity contribution in [1.82, 2.24) is 4.98 Å². The molecule has 0 aromatic carbocycles. The van der Waals surface area contributed by atoms with Crippen molar-refractivity contribution in [2.75, 3.05) is 13.7 Å². The smallest absolute Gasteiger partial charge is 0.194 e. The SMILES string of the molecule is COCCCc1nc(CC=O)co1. The molecule has 13 heavy (non-hydrogen) atoms. The maximum Gasteiger partial charge on any atom is 0.194 e. The summed E-state index contributed by atoms with van der Waals surface area (Å²) in [7, 11) is 1.66. The molecule has 0 radical (unpaired) electrons. The van der Waals surface area contributed by atoms with Crippen LogP contribution >= 0.6 is 0 Å². The summed E-state index contributed by atoms with van der Waals surface area (Å²) in [6.45, 7) is 0.700. The third-order valence-electron chi connectivity index (χ3n) is 1.63. The zero-order valence-electron chi connectivity index (χ0n) is 7.66. The van der Waals surface area contributed by atoms with Gasteiger partial charge in [-0.05, 0) is 6.42 Å². The van der Waals surface area contributed by atoms with Gasteiger partial charge in [-0.2, -0.15) is 0 Å². The molecule has 0 N–H and O–H groups in total. The lowest BCUT2D eigenvalue weighted by Gasteiger charge is -1.93. The fraction of sp³-hybridized carbons (Fsp3) is 0.556. The van der Waals surface area contributed by atoms with Gasteiger partial charge in [0.15, 0.2) is 5.89 Å². The second-order valence-corrected chi connectivity index (χ2v) is 2.70. The number of ether oxygens (including phenoxy) is 1. The van der Waals surface area contributed by atoms with Crippen LogP contribution in [0.4, 0.5) is 0 Å². The summed E-state index contributed by atoms with van der Waals surface area (Å²) >= 11 is 0. The fourth-order valence-electron chi connectivity index (χ4n) is 1.01. The van der Waals surface area contributed by atoms with Crippen molar-refractivity contribution in [3.05, 3.63) is 17.8 Å². The highest BCUT2D eigenvalue weighted by Crippen LogP contribution is 2.04. The van der Waals surface area contributed by atoms with Gasteiger partial charge >= 0.3 is 0 Å². The van der Waals surface area contributed by atoms with E-state index >= 15 is 0 Å². The second kappa shape index (κ2) is 5.48. The lowest BCUT2D eigenvalue weighted by molar-refractivity contribution is -0.107. The van der Waals surface area contributed by atoms with Crippen LogP contribution in [0, 0.1) is 0 Å². The van der Waals surface area contributed by atoms with Crippen LogP contribution in [0.3, 0.4) is 0 Å². The Morgan fingerprint density at radius 2 is 2.54 bits per heavy atom. The molecular weight excluding hydrogens is 170 g/mol. The molecule has 1 heterocycles. The van der Waals surface area contributed by atoms with E-state index in [0.29, 0.717) is 24.6 Å². The Bertz CT molecular complexity index is 257. The number of aldehydes is 1. The van der Waals surface area contributed by atoms with E-state index in [0.717, 1.165) is 19.1 Å². The van der Waals surface area contributed by atoms with Gasteiger partial charge in [0.25, 0.3) is 0 Å². The Kier molecular flexibility index (Phi) is 4.18. The van der Waals surface area contributed by atoms with E-state index < -0.39 is 0 Å². The van der Waals surface area contributed by atoms with Crippen molar-refractivity contribution in [3.63, 3.8) is 0 Å². The maximum atomic E-state index is 10.1. The van der Waals surface area contributed by atoms with Crippen molar-refractivity contribution >= 4 is 6.29 Å². The number of hydrogen-bond donors (Lipinski definition) is 0. The van der Waals surface area contributed by atoms with Gasteiger partial charge in [-0.3, -0.25) is 0 Å². The zero-order valence-corrected chi connectivity index (χ0v) is 7.66. The van der Waals surface area contributed by atoms with Crippen molar-refractivity contribution in [2.24, 2.45) is 0 Å². The average molecular weight is 183 g/mol. The molecule has 4 heteroatoms. The highest BCUT2D eigenvalue weighted by atomic mass is 16.5. The Morgan fingerprint density at radius 1 is 1.69 bits per heavy atom. The molecular formula is C9H13NO3. The molecule has 1 aromatic heterocycles. The van der Waals surface area contributed by atoms with Gasteiger partial charge in [0.2, 0.25) is 0 Å². The van der Waals surface area contributed by atoms with Gasteiger partial charge < -0.3 is 13.9 Å². The minimum atomic E-state index is 0.327. The summed E-state index contributed by atoms with van der Waals surface area (Å²) in [4.78, 5) is 14.3. The summed E-state index contributed by atoms with van der Waals surface area (Å²) in [6, 6.07) is 0. The number of oxazole rings is 1. The quantitative estimate of drug-likeness (QED) is 0.487. The normalized spacial score (nSPS) is 10.2. The molecule has 72 valence electrons. The molecule has 0 saturated heterocycles. The summed E-state index contributed by atoms with van der Waals surface area (Å²) in [5.74, 6) is 0.675. The van der Waals surface area contributed by atoms with E-state index in [4.69, 9.17) is 9.15 Å². The third-order valence-corrected chi connectivity index (χ3v) is 1.63. The first kappa shape index (κ1) is 9.92. The molecule has 0 atom stereocenters. The lowest BCUT2D eigenvalue weighted by Crippen LogP contribution is -1.93. The Morgan fingerprint density at radius 3 is 3.23 bits per heavy atom. The molecule has 0 aliphatic rings. The number of methoxy groups -OCH3 is 1. The zero-order chi connectivity index (χ0) is 9.52. The standard InChI is InChI=1S/C9H13NO3/c1-12-6-2-3-9-10-8(4-5-11)7-13-9/h5,7H,2-4,6H2,1H3. The molecule has 0 spiro atoms. The van der Waals surface area contributed by atoms with Gasteiger partial charge in [-0.1, -0.05) is 0 Å². The monoisotopic (exact) mass is 183 g/mol. The summed E-state index contributed by atoms with van der Waals surface area (Å²) in [5, 5.41) is 0. The molecule has 4 nitrogen and oxygen atoms in total. The highest BCUT2D eigenvalue weighted by Gasteiger charge is 2.02. The van der Waals surface area contributed by atoms with Gasteiger partial charge in [0.05, 0.1) is 5.69 Å². The first-order valence-corrected chi connectivity index (χ1v) is 4.22. The van der Waals surface area contributed by atoms with E-state index in [9.17, 15) is 4.79 Å². The first-order chi connectivity index (χ1) is 6.36. The van der Waals surface area contributed by atoms with E-state index in [-0.39, 0.29) is 0 Å². The molecule has 0 unspecified atom stereocenters. The Hall–Kier alpha value is -1.16. The minimum Gasteiger partial charge on any atom is -0.449 e. The largest absolute Gasteiger partial charge is 0.449 e. The average Bonchev–Trinajstić information content (AvgIpc) is 2.54. The molecule has 1 rings (SSSR count). The van der Waals surface area contributed by atoms with E-state index in [2.05, 4.69) is 4.98 Å². The van der Waals surface area contributed by atoms with Crippen LogP contribution in [0.15, 0.2) is 10.7 Å². The second-order valence-electron chi connectivity index (χ2n) is 2.70. The van der Waals surface area contributed by atoms with Gasteiger partial charge in [-0.25, -0.2) is 4.98 Å². The van der Waals surface area contributed by atoms with Crippen LogP contribution in [0.5, 0.6) is 0 Å². The molecule has 0 amide bonds. The van der Waals surface area contributed by atoms with Crippen LogP contribution in [-0.4, -0.2) is 25.0 Å². The number of carbonyl (C=O) groups excluding carboxylic acids is 1. The van der Waals surface area contributed by atoms with Crippen LogP contribution in [0.1, 0.15) is 18.0 Å². The minimum absolute atomic E-state index is 0.327. The molecule has 0 bridgehead atoms. The van der Waals surface area contributed by atoms with Crippen molar-refractivity contribution in [3.8, 4) is 0 Å². The predicted octanol–water partition coefficient (Wildman–Crippen LogP) is 0.995. The van der Waals surface area contributed by atoms with E-state index in [1.807, 2.05) is 0 Å². The van der Waals surface area contributed by atoms with Gasteiger partial charge in [0, 0.05) is 26.6 Å². The molecule has 0 saturated carbocycles. The number of aryl methyl sites for hydroxylation is 1. The molecule has 1 aromatic rings. The summed E-state index contributed by atoms with van der Waals surface area (Å²) in [5.41, 5.74) is 0.697. The summed E-state index contributed by atoms with van der Waals surface area (Å²) in [6.07, 6.45) is 4.31. The van der Waals surface area contributed by atoms with Crippen LogP contribution in [-0.2, 0) is 22.4 Å². The molecule has 0 fully saturated rings. The van der Waals surface area contributed by atoms with E-state index in [1.54, 1.807) is 7.11 Å². The van der Waals surface area contributed by atoms with Crippen molar-refractivity contribution in [2.45, 2.75) is 19.3 Å². The molecule has 0 aliphatic carbocycles. The predicted molar refractivity (Wildman–Crippen MR) is 46.5 cm³/mol.